The van der Waals surface area contributed by atoms with Crippen molar-refractivity contribution in [3.05, 3.63) is 29.8 Å². The van der Waals surface area contributed by atoms with Crippen molar-refractivity contribution >= 4 is 18.0 Å². The van der Waals surface area contributed by atoms with Gasteiger partial charge in [-0.25, -0.2) is 0 Å². The average Bonchev–Trinajstić information content (AvgIpc) is 3.21. The van der Waals surface area contributed by atoms with Gasteiger partial charge in [-0.1, -0.05) is 6.07 Å². The number of hydrogen-bond acceptors (Lipinski definition) is 4. The molecule has 0 unspecified atom stereocenters. The Morgan fingerprint density at radius 3 is 2.63 bits per heavy atom. The topological polar surface area (TPSA) is 78.6 Å². The molecule has 19 heavy (non-hydrogen) atoms. The number of carbonyl (C=O) groups is 2. The molecule has 0 bridgehead atoms. The van der Waals surface area contributed by atoms with Crippen molar-refractivity contribution in [1.29, 1.82) is 0 Å². The highest BCUT2D eigenvalue weighted by Crippen LogP contribution is 2.34. The molecule has 1 aromatic rings. The van der Waals surface area contributed by atoms with Crippen LogP contribution in [0.15, 0.2) is 24.3 Å². The average molecular weight is 261 g/mol. The van der Waals surface area contributed by atoms with E-state index in [-0.39, 0.29) is 11.9 Å². The zero-order valence-electron chi connectivity index (χ0n) is 10.6. The largest absolute Gasteiger partial charge is 0.493 e. The van der Waals surface area contributed by atoms with E-state index in [1.165, 1.54) is 13.2 Å². The third kappa shape index (κ3) is 3.58. The van der Waals surface area contributed by atoms with Crippen LogP contribution in [0, 0.1) is 5.92 Å². The molecule has 0 saturated heterocycles. The number of methoxy groups -OCH3 is 1. The second kappa shape index (κ2) is 5.56. The summed E-state index contributed by atoms with van der Waals surface area (Å²) in [6, 6.07) is 5.03. The van der Waals surface area contributed by atoms with E-state index in [1.807, 2.05) is 0 Å². The first-order chi connectivity index (χ1) is 9.10. The molecular weight excluding hydrogens is 246 g/mol. The van der Waals surface area contributed by atoms with Crippen molar-refractivity contribution in [3.63, 3.8) is 0 Å². The van der Waals surface area contributed by atoms with E-state index in [9.17, 15) is 9.59 Å². The van der Waals surface area contributed by atoms with Gasteiger partial charge in [-0.15, -0.1) is 0 Å². The minimum Gasteiger partial charge on any atom is -0.493 e. The Kier molecular flexibility index (Phi) is 3.85. The zero-order chi connectivity index (χ0) is 13.8. The number of nitrogens with two attached hydrogens (primary N) is 1. The third-order valence-corrected chi connectivity index (χ3v) is 2.75. The zero-order valence-corrected chi connectivity index (χ0v) is 10.6. The van der Waals surface area contributed by atoms with Crippen molar-refractivity contribution in [2.75, 3.05) is 7.11 Å². The van der Waals surface area contributed by atoms with Gasteiger partial charge in [0.05, 0.1) is 13.0 Å². The van der Waals surface area contributed by atoms with Crippen LogP contribution in [0.4, 0.5) is 0 Å². The molecule has 0 spiro atoms. The summed E-state index contributed by atoms with van der Waals surface area (Å²) in [5.41, 5.74) is 5.76. The minimum absolute atomic E-state index is 0.0270. The first-order valence-corrected chi connectivity index (χ1v) is 5.97. The van der Waals surface area contributed by atoms with Gasteiger partial charge >= 0.3 is 5.97 Å². The van der Waals surface area contributed by atoms with E-state index >= 15 is 0 Å². The molecule has 2 rings (SSSR count). The number of rotatable bonds is 5. The number of hydrogen-bond donors (Lipinski definition) is 1. The van der Waals surface area contributed by atoms with Crippen molar-refractivity contribution in [2.24, 2.45) is 11.7 Å². The van der Waals surface area contributed by atoms with Crippen molar-refractivity contribution in [2.45, 2.75) is 12.8 Å². The summed E-state index contributed by atoms with van der Waals surface area (Å²) < 4.78 is 10.4. The van der Waals surface area contributed by atoms with E-state index in [0.29, 0.717) is 11.5 Å². The number of esters is 1. The predicted molar refractivity (Wildman–Crippen MR) is 69.6 cm³/mol. The molecule has 0 aliphatic heterocycles. The monoisotopic (exact) mass is 261 g/mol. The lowest BCUT2D eigenvalue weighted by Crippen LogP contribution is -2.10. The van der Waals surface area contributed by atoms with E-state index in [4.69, 9.17) is 15.2 Å². The molecule has 5 nitrogen and oxygen atoms in total. The molecule has 1 aliphatic rings. The summed E-state index contributed by atoms with van der Waals surface area (Å²) in [6.07, 6.45) is 4.60. The summed E-state index contributed by atoms with van der Waals surface area (Å²) in [5.74, 6) is 0.109. The second-order valence-corrected chi connectivity index (χ2v) is 4.34. The number of amides is 1. The Balaban J connectivity index is 2.15. The van der Waals surface area contributed by atoms with E-state index in [0.717, 1.165) is 18.4 Å². The Bertz CT molecular complexity index is 532. The van der Waals surface area contributed by atoms with Gasteiger partial charge in [0.15, 0.2) is 11.5 Å². The molecule has 0 atom stereocenters. The van der Waals surface area contributed by atoms with Crippen LogP contribution in [0.1, 0.15) is 18.4 Å². The third-order valence-electron chi connectivity index (χ3n) is 2.75. The molecule has 1 saturated carbocycles. The highest BCUT2D eigenvalue weighted by molar-refractivity contribution is 5.90. The lowest BCUT2D eigenvalue weighted by atomic mass is 10.2. The minimum atomic E-state index is -0.525. The van der Waals surface area contributed by atoms with E-state index in [1.54, 1.807) is 24.3 Å². The fourth-order valence-corrected chi connectivity index (χ4v) is 1.56. The fraction of sp³-hybridized carbons (Fsp3) is 0.286. The van der Waals surface area contributed by atoms with Crippen LogP contribution in [-0.4, -0.2) is 19.0 Å². The molecule has 5 heteroatoms. The van der Waals surface area contributed by atoms with Crippen LogP contribution < -0.4 is 15.2 Å². The van der Waals surface area contributed by atoms with Gasteiger partial charge in [0.2, 0.25) is 5.91 Å². The van der Waals surface area contributed by atoms with Gasteiger partial charge < -0.3 is 15.2 Å². The van der Waals surface area contributed by atoms with Crippen LogP contribution in [0.5, 0.6) is 11.5 Å². The van der Waals surface area contributed by atoms with Gasteiger partial charge in [-0.3, -0.25) is 9.59 Å². The predicted octanol–water partition coefficient (Wildman–Crippen LogP) is 1.51. The Hall–Kier alpha value is -2.30. The van der Waals surface area contributed by atoms with Gasteiger partial charge in [0.25, 0.3) is 0 Å². The van der Waals surface area contributed by atoms with Crippen molar-refractivity contribution in [3.8, 4) is 11.5 Å². The number of primary amides is 1. The lowest BCUT2D eigenvalue weighted by molar-refractivity contribution is -0.135. The molecule has 1 fully saturated rings. The molecule has 0 radical (unpaired) electrons. The Labute approximate surface area is 111 Å². The highest BCUT2D eigenvalue weighted by Gasteiger charge is 2.32. The smallest absolute Gasteiger partial charge is 0.314 e. The first-order valence-electron chi connectivity index (χ1n) is 5.97. The van der Waals surface area contributed by atoms with Crippen molar-refractivity contribution < 1.29 is 19.1 Å². The summed E-state index contributed by atoms with van der Waals surface area (Å²) in [7, 11) is 1.49. The van der Waals surface area contributed by atoms with E-state index < -0.39 is 5.91 Å². The van der Waals surface area contributed by atoms with Gasteiger partial charge in [-0.05, 0) is 36.6 Å². The SMILES string of the molecule is COc1cc(/C=C\C(N)=O)ccc1OC(=O)C1CC1. The van der Waals surface area contributed by atoms with Gasteiger partial charge in [0, 0.05) is 6.08 Å². The Morgan fingerprint density at radius 2 is 2.05 bits per heavy atom. The number of ether oxygens (including phenoxy) is 2. The summed E-state index contributed by atoms with van der Waals surface area (Å²) in [6.45, 7) is 0. The first kappa shape index (κ1) is 13.1. The molecule has 1 aromatic carbocycles. The maximum Gasteiger partial charge on any atom is 0.314 e. The van der Waals surface area contributed by atoms with Crippen LogP contribution >= 0.6 is 0 Å². The normalized spacial score (nSPS) is 14.4. The van der Waals surface area contributed by atoms with Gasteiger partial charge in [0.1, 0.15) is 0 Å². The summed E-state index contributed by atoms with van der Waals surface area (Å²) >= 11 is 0. The summed E-state index contributed by atoms with van der Waals surface area (Å²) in [5, 5.41) is 0. The highest BCUT2D eigenvalue weighted by atomic mass is 16.6. The molecule has 100 valence electrons. The second-order valence-electron chi connectivity index (χ2n) is 4.34. The molecule has 1 amide bonds. The quantitative estimate of drug-likeness (QED) is 0.495. The molecule has 0 heterocycles. The summed E-state index contributed by atoms with van der Waals surface area (Å²) in [4.78, 5) is 22.2. The van der Waals surface area contributed by atoms with Crippen molar-refractivity contribution in [1.82, 2.24) is 0 Å². The lowest BCUT2D eigenvalue weighted by Gasteiger charge is -2.09. The van der Waals surface area contributed by atoms with Crippen LogP contribution in [0.3, 0.4) is 0 Å². The van der Waals surface area contributed by atoms with E-state index in [2.05, 4.69) is 0 Å². The molecule has 2 N–H and O–H groups in total. The van der Waals surface area contributed by atoms with Crippen LogP contribution in [0.2, 0.25) is 0 Å². The maximum atomic E-state index is 11.6. The maximum absolute atomic E-state index is 11.6. The number of benzene rings is 1. The Morgan fingerprint density at radius 1 is 1.32 bits per heavy atom. The molecular formula is C14H15NO4. The molecule has 1 aliphatic carbocycles. The van der Waals surface area contributed by atoms with Gasteiger partial charge in [-0.2, -0.15) is 0 Å². The fourth-order valence-electron chi connectivity index (χ4n) is 1.56. The van der Waals surface area contributed by atoms with Crippen LogP contribution in [-0.2, 0) is 9.59 Å². The standard InChI is InChI=1S/C14H15NO4/c1-18-12-8-9(3-7-13(15)16)2-6-11(12)19-14(17)10-4-5-10/h2-3,6-8,10H,4-5H2,1H3,(H2,15,16)/b7-3-. The number of carbonyl (C=O) groups excluding carboxylic acids is 2. The molecule has 0 aromatic heterocycles. The van der Waals surface area contributed by atoms with Crippen LogP contribution in [0.25, 0.3) is 6.08 Å².